The number of pyridine rings is 1. The quantitative estimate of drug-likeness (QED) is 0.506. The largest absolute Gasteiger partial charge is 0.269 e. The number of hydrogen-bond acceptors (Lipinski definition) is 3. The van der Waals surface area contributed by atoms with Gasteiger partial charge in [-0.3, -0.25) is 14.5 Å². The van der Waals surface area contributed by atoms with E-state index in [1.165, 1.54) is 17.1 Å². The van der Waals surface area contributed by atoms with Crippen LogP contribution in [0.15, 0.2) is 91.1 Å². The zero-order chi connectivity index (χ0) is 21.4. The molecule has 1 unspecified atom stereocenters. The molecular formula is C25H19ClN2O2. The third kappa shape index (κ3) is 3.06. The van der Waals surface area contributed by atoms with Crippen LogP contribution in [-0.4, -0.2) is 21.7 Å². The Bertz CT molecular complexity index is 1210. The van der Waals surface area contributed by atoms with E-state index >= 15 is 0 Å². The third-order valence-corrected chi connectivity index (χ3v) is 5.61. The smallest absolute Gasteiger partial charge is 0.262 e. The number of halogens is 1. The van der Waals surface area contributed by atoms with Crippen molar-refractivity contribution in [1.82, 2.24) is 9.88 Å². The number of carbonyl (C=O) groups excluding carboxylic acids is 2. The predicted molar refractivity (Wildman–Crippen MR) is 120 cm³/mol. The van der Waals surface area contributed by atoms with Crippen molar-refractivity contribution in [3.63, 3.8) is 0 Å². The first-order chi connectivity index (χ1) is 14.5. The van der Waals surface area contributed by atoms with Crippen LogP contribution >= 0.6 is 11.6 Å². The summed E-state index contributed by atoms with van der Waals surface area (Å²) in [6, 6.07) is 16.6. The maximum Gasteiger partial charge on any atom is 0.262 e. The number of rotatable bonds is 5. The first-order valence-electron chi connectivity index (χ1n) is 9.49. The molecule has 1 aliphatic heterocycles. The van der Waals surface area contributed by atoms with Gasteiger partial charge in [0.25, 0.3) is 11.8 Å². The summed E-state index contributed by atoms with van der Waals surface area (Å²) in [7, 11) is 0. The summed E-state index contributed by atoms with van der Waals surface area (Å²) in [5, 5.41) is 1.38. The monoisotopic (exact) mass is 414 g/mol. The average Bonchev–Trinajstić information content (AvgIpc) is 3.01. The van der Waals surface area contributed by atoms with E-state index in [0.717, 1.165) is 16.5 Å². The normalized spacial score (nSPS) is 15.1. The molecule has 0 saturated heterocycles. The van der Waals surface area contributed by atoms with Crippen molar-refractivity contribution in [2.45, 2.75) is 13.0 Å². The van der Waals surface area contributed by atoms with Crippen LogP contribution in [0.5, 0.6) is 0 Å². The lowest BCUT2D eigenvalue weighted by atomic mass is 9.97. The molecule has 1 aliphatic rings. The second kappa shape index (κ2) is 7.73. The lowest BCUT2D eigenvalue weighted by Crippen LogP contribution is -2.34. The fourth-order valence-corrected chi connectivity index (χ4v) is 4.02. The molecule has 4 nitrogen and oxygen atoms in total. The lowest BCUT2D eigenvalue weighted by molar-refractivity contribution is -0.139. The SMILES string of the molecule is C=CC1=C(C=C)C(=O)N(C(C)c2cc3cccc(Cl)c3nc2-c2ccccc2)C1=O. The molecule has 5 heteroatoms. The maximum atomic E-state index is 13.0. The number of amides is 2. The minimum absolute atomic E-state index is 0.264. The molecule has 0 aliphatic carbocycles. The van der Waals surface area contributed by atoms with Gasteiger partial charge in [0.15, 0.2) is 0 Å². The van der Waals surface area contributed by atoms with Crippen molar-refractivity contribution in [3.05, 3.63) is 102 Å². The second-order valence-corrected chi connectivity index (χ2v) is 7.40. The fourth-order valence-electron chi connectivity index (χ4n) is 3.79. The number of aromatic nitrogens is 1. The van der Waals surface area contributed by atoms with Crippen molar-refractivity contribution in [2.24, 2.45) is 0 Å². The van der Waals surface area contributed by atoms with Crippen LogP contribution in [0.4, 0.5) is 0 Å². The number of fused-ring (bicyclic) bond motifs is 1. The molecule has 2 amide bonds. The lowest BCUT2D eigenvalue weighted by Gasteiger charge is -2.26. The molecule has 0 N–H and O–H groups in total. The first kappa shape index (κ1) is 19.8. The summed E-state index contributed by atoms with van der Waals surface area (Å²) in [5.74, 6) is -0.773. The summed E-state index contributed by atoms with van der Waals surface area (Å²) in [6.07, 6.45) is 2.81. The Kier molecular flexibility index (Phi) is 5.10. The highest BCUT2D eigenvalue weighted by molar-refractivity contribution is 6.35. The summed E-state index contributed by atoms with van der Waals surface area (Å²) in [6.45, 7) is 9.17. The summed E-state index contributed by atoms with van der Waals surface area (Å²) in [5.41, 5.74) is 3.51. The molecule has 30 heavy (non-hydrogen) atoms. The molecule has 0 saturated carbocycles. The van der Waals surface area contributed by atoms with Crippen molar-refractivity contribution >= 4 is 34.3 Å². The molecule has 2 heterocycles. The number of carbonyl (C=O) groups is 2. The number of imide groups is 1. The maximum absolute atomic E-state index is 13.0. The van der Waals surface area contributed by atoms with Gasteiger partial charge in [-0.2, -0.15) is 0 Å². The number of hydrogen-bond donors (Lipinski definition) is 0. The number of para-hydroxylation sites is 1. The summed E-state index contributed by atoms with van der Waals surface area (Å²) >= 11 is 6.39. The van der Waals surface area contributed by atoms with E-state index in [0.29, 0.717) is 16.2 Å². The van der Waals surface area contributed by atoms with Gasteiger partial charge < -0.3 is 0 Å². The minimum Gasteiger partial charge on any atom is -0.269 e. The zero-order valence-electron chi connectivity index (χ0n) is 16.4. The number of nitrogens with zero attached hydrogens (tertiary/aromatic N) is 2. The third-order valence-electron chi connectivity index (χ3n) is 5.31. The first-order valence-corrected chi connectivity index (χ1v) is 9.87. The van der Waals surface area contributed by atoms with Crippen LogP contribution in [-0.2, 0) is 9.59 Å². The topological polar surface area (TPSA) is 50.3 Å². The van der Waals surface area contributed by atoms with Gasteiger partial charge >= 0.3 is 0 Å². The molecule has 1 atom stereocenters. The van der Waals surface area contributed by atoms with E-state index in [1.807, 2.05) is 55.5 Å². The van der Waals surface area contributed by atoms with Crippen LogP contribution in [0.1, 0.15) is 18.5 Å². The summed E-state index contributed by atoms with van der Waals surface area (Å²) < 4.78 is 0. The van der Waals surface area contributed by atoms with E-state index in [9.17, 15) is 9.59 Å². The van der Waals surface area contributed by atoms with Crippen molar-refractivity contribution < 1.29 is 9.59 Å². The highest BCUT2D eigenvalue weighted by Gasteiger charge is 2.39. The van der Waals surface area contributed by atoms with E-state index in [2.05, 4.69) is 13.2 Å². The standard InChI is InChI=1S/C25H19ClN2O2/c1-4-18-19(5-2)25(30)28(24(18)29)15(3)20-14-17-12-9-13-21(26)23(17)27-22(20)16-10-7-6-8-11-16/h4-15H,1-2H2,3H3. The zero-order valence-corrected chi connectivity index (χ0v) is 17.2. The Morgan fingerprint density at radius 1 is 0.967 bits per heavy atom. The molecular weight excluding hydrogens is 396 g/mol. The molecule has 0 spiro atoms. The van der Waals surface area contributed by atoms with Crippen LogP contribution in [0.25, 0.3) is 22.2 Å². The van der Waals surface area contributed by atoms with Crippen molar-refractivity contribution in [2.75, 3.05) is 0 Å². The Balaban J connectivity index is 1.92. The molecule has 148 valence electrons. The van der Waals surface area contributed by atoms with Gasteiger partial charge in [-0.05, 0) is 19.1 Å². The van der Waals surface area contributed by atoms with Gasteiger partial charge in [0.05, 0.1) is 33.4 Å². The highest BCUT2D eigenvalue weighted by atomic mass is 35.5. The van der Waals surface area contributed by atoms with Gasteiger partial charge in [0, 0.05) is 16.5 Å². The Morgan fingerprint density at radius 2 is 1.60 bits per heavy atom. The van der Waals surface area contributed by atoms with E-state index in [1.54, 1.807) is 6.07 Å². The highest BCUT2D eigenvalue weighted by Crippen LogP contribution is 2.37. The van der Waals surface area contributed by atoms with Crippen LogP contribution in [0, 0.1) is 0 Å². The van der Waals surface area contributed by atoms with Crippen LogP contribution in [0.2, 0.25) is 5.02 Å². The Labute approximate surface area is 179 Å². The molecule has 0 radical (unpaired) electrons. The van der Waals surface area contributed by atoms with Gasteiger partial charge in [0.2, 0.25) is 0 Å². The van der Waals surface area contributed by atoms with Crippen LogP contribution < -0.4 is 0 Å². The minimum atomic E-state index is -0.552. The van der Waals surface area contributed by atoms with Gasteiger partial charge in [-0.1, -0.05) is 79.4 Å². The summed E-state index contributed by atoms with van der Waals surface area (Å²) in [4.78, 5) is 32.0. The average molecular weight is 415 g/mol. The van der Waals surface area contributed by atoms with Crippen molar-refractivity contribution in [3.8, 4) is 11.3 Å². The van der Waals surface area contributed by atoms with Crippen LogP contribution in [0.3, 0.4) is 0 Å². The van der Waals surface area contributed by atoms with E-state index in [4.69, 9.17) is 16.6 Å². The van der Waals surface area contributed by atoms with Gasteiger partial charge in [-0.15, -0.1) is 0 Å². The van der Waals surface area contributed by atoms with E-state index < -0.39 is 6.04 Å². The molecule has 0 bridgehead atoms. The molecule has 2 aromatic carbocycles. The Morgan fingerprint density at radius 3 is 2.20 bits per heavy atom. The second-order valence-electron chi connectivity index (χ2n) is 7.00. The molecule has 1 aromatic heterocycles. The Hall–Kier alpha value is -3.50. The van der Waals surface area contributed by atoms with Crippen molar-refractivity contribution in [1.29, 1.82) is 0 Å². The van der Waals surface area contributed by atoms with Gasteiger partial charge in [-0.25, -0.2) is 4.98 Å². The molecule has 0 fully saturated rings. The fraction of sp³-hybridized carbons (Fsp3) is 0.0800. The molecule has 3 aromatic rings. The predicted octanol–water partition coefficient (Wildman–Crippen LogP) is 5.65. The van der Waals surface area contributed by atoms with E-state index in [-0.39, 0.29) is 23.0 Å². The molecule has 4 rings (SSSR count). The number of benzene rings is 2. The van der Waals surface area contributed by atoms with Gasteiger partial charge in [0.1, 0.15) is 0 Å².